The fraction of sp³-hybridized carbons (Fsp3) is 0.778. The topological polar surface area (TPSA) is 125 Å². The first kappa shape index (κ1) is 14.4. The summed E-state index contributed by atoms with van der Waals surface area (Å²) in [6.45, 7) is 2.94. The van der Waals surface area contributed by atoms with Crippen LogP contribution in [-0.4, -0.2) is 37.9 Å². The van der Waals surface area contributed by atoms with Gasteiger partial charge in [-0.1, -0.05) is 0 Å². The van der Waals surface area contributed by atoms with Gasteiger partial charge in [-0.05, 0) is 26.7 Å². The van der Waals surface area contributed by atoms with Crippen LogP contribution in [-0.2, 0) is 24.6 Å². The normalized spacial score (nSPS) is 17.7. The van der Waals surface area contributed by atoms with E-state index in [1.165, 1.54) is 18.4 Å². The molecule has 0 amide bonds. The first-order valence-electron chi connectivity index (χ1n) is 5.64. The van der Waals surface area contributed by atoms with Gasteiger partial charge >= 0.3 is 0 Å². The number of hydrogen-bond donors (Lipinski definition) is 1. The van der Waals surface area contributed by atoms with E-state index in [-0.39, 0.29) is 17.0 Å². The van der Waals surface area contributed by atoms with Gasteiger partial charge in [-0.2, -0.15) is 0 Å². The number of primary sulfonamides is 1. The Morgan fingerprint density at radius 1 is 1.21 bits per heavy atom. The number of sulfonamides is 1. The highest BCUT2D eigenvalue weighted by molar-refractivity contribution is 7.91. The fourth-order valence-corrected chi connectivity index (χ4v) is 2.84. The fourth-order valence-electron chi connectivity index (χ4n) is 1.71. The van der Waals surface area contributed by atoms with E-state index in [0.29, 0.717) is 0 Å². The summed E-state index contributed by atoms with van der Waals surface area (Å²) in [4.78, 5) is 0. The minimum Gasteiger partial charge on any atom is -0.296 e. The molecule has 0 saturated heterocycles. The molecule has 1 fully saturated rings. The van der Waals surface area contributed by atoms with Crippen molar-refractivity contribution in [3.8, 4) is 0 Å². The van der Waals surface area contributed by atoms with Gasteiger partial charge in [0.25, 0.3) is 15.2 Å². The second-order valence-electron chi connectivity index (χ2n) is 5.23. The monoisotopic (exact) mass is 308 g/mol. The van der Waals surface area contributed by atoms with Gasteiger partial charge in [-0.15, -0.1) is 10.2 Å². The van der Waals surface area contributed by atoms with Gasteiger partial charge in [0.05, 0.1) is 0 Å². The molecule has 1 aliphatic carbocycles. The highest BCUT2D eigenvalue weighted by atomic mass is 32.2. The molecular formula is C9H16N4O4S2. The molecule has 0 bridgehead atoms. The number of nitrogens with zero attached hydrogens (tertiary/aromatic N) is 3. The summed E-state index contributed by atoms with van der Waals surface area (Å²) in [7, 11) is -7.50. The van der Waals surface area contributed by atoms with Crippen LogP contribution in [0.25, 0.3) is 0 Å². The van der Waals surface area contributed by atoms with Crippen LogP contribution in [0.15, 0.2) is 5.16 Å². The lowest BCUT2D eigenvalue weighted by Crippen LogP contribution is -2.32. The van der Waals surface area contributed by atoms with E-state index in [1.54, 1.807) is 0 Å². The average molecular weight is 308 g/mol. The minimum absolute atomic E-state index is 0.0978. The molecule has 0 unspecified atom stereocenters. The van der Waals surface area contributed by atoms with E-state index in [1.807, 2.05) is 0 Å². The van der Waals surface area contributed by atoms with Gasteiger partial charge in [0.1, 0.15) is 4.75 Å². The zero-order chi connectivity index (χ0) is 14.6. The first-order valence-corrected chi connectivity index (χ1v) is 9.08. The molecule has 10 heteroatoms. The molecule has 0 atom stereocenters. The van der Waals surface area contributed by atoms with Gasteiger partial charge in [0, 0.05) is 12.3 Å². The molecule has 0 aromatic carbocycles. The van der Waals surface area contributed by atoms with Crippen molar-refractivity contribution in [2.75, 3.05) is 6.26 Å². The summed E-state index contributed by atoms with van der Waals surface area (Å²) >= 11 is 0. The summed E-state index contributed by atoms with van der Waals surface area (Å²) in [5.74, 6) is 0.113. The van der Waals surface area contributed by atoms with E-state index < -0.39 is 24.6 Å². The summed E-state index contributed by atoms with van der Waals surface area (Å²) in [5.41, 5.74) is 0. The van der Waals surface area contributed by atoms with Gasteiger partial charge < -0.3 is 0 Å². The van der Waals surface area contributed by atoms with Crippen LogP contribution >= 0.6 is 0 Å². The molecule has 2 rings (SSSR count). The second-order valence-corrected chi connectivity index (χ2v) is 9.25. The molecule has 1 aliphatic rings. The summed E-state index contributed by atoms with van der Waals surface area (Å²) in [6, 6.07) is -0.0978. The lowest BCUT2D eigenvalue weighted by Gasteiger charge is -2.22. The molecule has 1 aromatic rings. The van der Waals surface area contributed by atoms with Crippen LogP contribution in [0.5, 0.6) is 0 Å². The van der Waals surface area contributed by atoms with Crippen LogP contribution in [0.2, 0.25) is 0 Å². The maximum Gasteiger partial charge on any atom is 0.273 e. The average Bonchev–Trinajstić information content (AvgIpc) is 2.92. The molecule has 1 heterocycles. The number of nitrogens with two attached hydrogens (primary N) is 1. The van der Waals surface area contributed by atoms with Crippen LogP contribution in [0, 0.1) is 0 Å². The quantitative estimate of drug-likeness (QED) is 0.802. The predicted molar refractivity (Wildman–Crippen MR) is 67.5 cm³/mol. The van der Waals surface area contributed by atoms with E-state index in [9.17, 15) is 16.8 Å². The Labute approximate surface area is 112 Å². The van der Waals surface area contributed by atoms with Crippen molar-refractivity contribution in [3.63, 3.8) is 0 Å². The number of aromatic nitrogens is 3. The Kier molecular flexibility index (Phi) is 3.03. The maximum absolute atomic E-state index is 11.8. The van der Waals surface area contributed by atoms with E-state index in [0.717, 1.165) is 19.1 Å². The Bertz CT molecular complexity index is 713. The third-order valence-electron chi connectivity index (χ3n) is 3.30. The summed E-state index contributed by atoms with van der Waals surface area (Å²) in [5, 5.41) is 12.0. The minimum atomic E-state index is -4.03. The predicted octanol–water partition coefficient (Wildman–Crippen LogP) is -0.460. The van der Waals surface area contributed by atoms with Gasteiger partial charge in [-0.25, -0.2) is 22.0 Å². The molecule has 2 N–H and O–H groups in total. The number of rotatable bonds is 4. The molecule has 8 nitrogen and oxygen atoms in total. The van der Waals surface area contributed by atoms with Crippen molar-refractivity contribution < 1.29 is 16.8 Å². The second kappa shape index (κ2) is 4.00. The maximum atomic E-state index is 11.8. The molecule has 0 spiro atoms. The standard InChI is InChI=1S/C9H16N4O4S2/c1-9(2,18(3,14)15)7-11-12-8(19(10,16)17)13(7)6-4-5-6/h6H,4-5H2,1-3H3,(H2,10,16,17). The smallest absolute Gasteiger partial charge is 0.273 e. The largest absolute Gasteiger partial charge is 0.296 e. The first-order chi connectivity index (χ1) is 8.46. The van der Waals surface area contributed by atoms with Gasteiger partial charge in [0.2, 0.25) is 0 Å². The summed E-state index contributed by atoms with van der Waals surface area (Å²) < 4.78 is 46.7. The van der Waals surface area contributed by atoms with Crippen LogP contribution in [0.1, 0.15) is 38.6 Å². The highest BCUT2D eigenvalue weighted by Crippen LogP contribution is 2.40. The highest BCUT2D eigenvalue weighted by Gasteiger charge is 2.43. The lowest BCUT2D eigenvalue weighted by molar-refractivity contribution is 0.513. The molecule has 0 aliphatic heterocycles. The van der Waals surface area contributed by atoms with Crippen molar-refractivity contribution in [1.82, 2.24) is 14.8 Å². The zero-order valence-corrected chi connectivity index (χ0v) is 12.5. The van der Waals surface area contributed by atoms with Crippen LogP contribution in [0.4, 0.5) is 0 Å². The van der Waals surface area contributed by atoms with E-state index in [4.69, 9.17) is 5.14 Å². The lowest BCUT2D eigenvalue weighted by atomic mass is 10.2. The molecule has 1 aromatic heterocycles. The summed E-state index contributed by atoms with van der Waals surface area (Å²) in [6.07, 6.45) is 2.59. The van der Waals surface area contributed by atoms with Crippen molar-refractivity contribution >= 4 is 19.9 Å². The Balaban J connectivity index is 2.70. The number of sulfone groups is 1. The Hall–Kier alpha value is -1.00. The third kappa shape index (κ3) is 2.39. The third-order valence-corrected chi connectivity index (χ3v) is 6.12. The van der Waals surface area contributed by atoms with Crippen molar-refractivity contribution in [2.24, 2.45) is 5.14 Å². The molecular weight excluding hydrogens is 292 g/mol. The van der Waals surface area contributed by atoms with Crippen LogP contribution < -0.4 is 5.14 Å². The molecule has 108 valence electrons. The Morgan fingerprint density at radius 2 is 1.74 bits per heavy atom. The van der Waals surface area contributed by atoms with E-state index >= 15 is 0 Å². The van der Waals surface area contributed by atoms with Crippen molar-refractivity contribution in [3.05, 3.63) is 5.82 Å². The molecule has 1 saturated carbocycles. The zero-order valence-electron chi connectivity index (χ0n) is 10.9. The van der Waals surface area contributed by atoms with Crippen molar-refractivity contribution in [2.45, 2.75) is 42.6 Å². The van der Waals surface area contributed by atoms with Gasteiger partial charge in [0.15, 0.2) is 15.7 Å². The van der Waals surface area contributed by atoms with Gasteiger partial charge in [-0.3, -0.25) is 4.57 Å². The SMILES string of the molecule is CC(C)(c1nnc(S(N)(=O)=O)n1C1CC1)S(C)(=O)=O. The van der Waals surface area contributed by atoms with E-state index in [2.05, 4.69) is 10.2 Å². The number of hydrogen-bond acceptors (Lipinski definition) is 6. The van der Waals surface area contributed by atoms with Crippen molar-refractivity contribution in [1.29, 1.82) is 0 Å². The molecule has 19 heavy (non-hydrogen) atoms. The van der Waals surface area contributed by atoms with Crippen LogP contribution in [0.3, 0.4) is 0 Å². The molecule has 0 radical (unpaired) electrons. The Morgan fingerprint density at radius 3 is 2.11 bits per heavy atom.